The van der Waals surface area contributed by atoms with E-state index in [0.29, 0.717) is 22.7 Å². The first kappa shape index (κ1) is 12.2. The van der Waals surface area contributed by atoms with Crippen LogP contribution in [0.5, 0.6) is 0 Å². The number of carbonyl (C=O) groups is 1. The Labute approximate surface area is 113 Å². The molecule has 20 heavy (non-hydrogen) atoms. The summed E-state index contributed by atoms with van der Waals surface area (Å²) >= 11 is 0. The van der Waals surface area contributed by atoms with Crippen molar-refractivity contribution in [2.24, 2.45) is 0 Å². The van der Waals surface area contributed by atoms with Gasteiger partial charge in [0.1, 0.15) is 18.4 Å². The van der Waals surface area contributed by atoms with Crippen LogP contribution >= 0.6 is 0 Å². The molecule has 0 saturated heterocycles. The number of benzene rings is 1. The maximum absolute atomic E-state index is 11.2. The first-order chi connectivity index (χ1) is 9.65. The molecule has 0 spiro atoms. The van der Waals surface area contributed by atoms with Crippen LogP contribution in [0.25, 0.3) is 11.1 Å². The number of oxazole rings is 1. The summed E-state index contributed by atoms with van der Waals surface area (Å²) in [6.45, 7) is 0.262. The molecule has 0 aliphatic heterocycles. The molecule has 0 bridgehead atoms. The standard InChI is InChI=1S/C12H11N5O3/c1-19-12(18)11-14-6-17(16-11)5-10-15-8-4-7(13)2-3-9(8)20-10/h2-4,6H,5,13H2,1H3. The van der Waals surface area contributed by atoms with Crippen LogP contribution < -0.4 is 5.73 Å². The summed E-state index contributed by atoms with van der Waals surface area (Å²) in [7, 11) is 1.27. The highest BCUT2D eigenvalue weighted by molar-refractivity contribution is 5.84. The number of nitrogen functional groups attached to an aromatic ring is 1. The molecule has 2 aromatic heterocycles. The van der Waals surface area contributed by atoms with Crippen LogP contribution in [0, 0.1) is 0 Å². The molecule has 0 saturated carbocycles. The van der Waals surface area contributed by atoms with Crippen LogP contribution in [0.2, 0.25) is 0 Å². The van der Waals surface area contributed by atoms with Crippen LogP contribution in [0.4, 0.5) is 5.69 Å². The number of nitrogens with zero attached hydrogens (tertiary/aromatic N) is 4. The SMILES string of the molecule is COC(=O)c1ncn(Cc2nc3cc(N)ccc3o2)n1. The molecule has 1 aromatic carbocycles. The third-order valence-corrected chi connectivity index (χ3v) is 2.66. The number of carbonyl (C=O) groups excluding carboxylic acids is 1. The minimum Gasteiger partial charge on any atom is -0.463 e. The molecule has 0 aliphatic rings. The van der Waals surface area contributed by atoms with Crippen LogP contribution in [-0.4, -0.2) is 32.8 Å². The summed E-state index contributed by atoms with van der Waals surface area (Å²) < 4.78 is 11.5. The average Bonchev–Trinajstić information content (AvgIpc) is 3.04. The molecule has 0 atom stereocenters. The zero-order valence-electron chi connectivity index (χ0n) is 10.6. The van der Waals surface area contributed by atoms with Gasteiger partial charge in [-0.2, -0.15) is 0 Å². The van der Waals surface area contributed by atoms with E-state index >= 15 is 0 Å². The summed E-state index contributed by atoms with van der Waals surface area (Å²) in [5.74, 6) is -0.145. The van der Waals surface area contributed by atoms with E-state index in [1.807, 2.05) is 0 Å². The van der Waals surface area contributed by atoms with Gasteiger partial charge in [-0.3, -0.25) is 0 Å². The fourth-order valence-corrected chi connectivity index (χ4v) is 1.75. The molecule has 2 N–H and O–H groups in total. The Bertz CT molecular complexity index is 776. The van der Waals surface area contributed by atoms with E-state index in [4.69, 9.17) is 10.2 Å². The molecule has 102 valence electrons. The van der Waals surface area contributed by atoms with E-state index in [0.717, 1.165) is 0 Å². The van der Waals surface area contributed by atoms with Gasteiger partial charge in [-0.25, -0.2) is 19.4 Å². The van der Waals surface area contributed by atoms with Gasteiger partial charge in [0, 0.05) is 5.69 Å². The maximum atomic E-state index is 11.2. The fourth-order valence-electron chi connectivity index (χ4n) is 1.75. The molecule has 0 fully saturated rings. The zero-order chi connectivity index (χ0) is 14.1. The highest BCUT2D eigenvalue weighted by atomic mass is 16.5. The van der Waals surface area contributed by atoms with Crippen molar-refractivity contribution in [3.63, 3.8) is 0 Å². The van der Waals surface area contributed by atoms with Gasteiger partial charge in [0.05, 0.1) is 7.11 Å². The van der Waals surface area contributed by atoms with Crippen molar-refractivity contribution in [2.75, 3.05) is 12.8 Å². The molecular formula is C12H11N5O3. The number of anilines is 1. The first-order valence-corrected chi connectivity index (χ1v) is 5.78. The number of methoxy groups -OCH3 is 1. The van der Waals surface area contributed by atoms with E-state index in [-0.39, 0.29) is 12.4 Å². The lowest BCUT2D eigenvalue weighted by molar-refractivity contribution is 0.0586. The van der Waals surface area contributed by atoms with Gasteiger partial charge in [-0.05, 0) is 18.2 Å². The Kier molecular flexibility index (Phi) is 2.82. The van der Waals surface area contributed by atoms with Crippen LogP contribution in [0.15, 0.2) is 28.9 Å². The van der Waals surface area contributed by atoms with Gasteiger partial charge in [0.25, 0.3) is 5.82 Å². The molecule has 8 heteroatoms. The maximum Gasteiger partial charge on any atom is 0.377 e. The Hall–Kier alpha value is -2.90. The van der Waals surface area contributed by atoms with E-state index in [1.54, 1.807) is 18.2 Å². The van der Waals surface area contributed by atoms with Crippen molar-refractivity contribution in [3.8, 4) is 0 Å². The lowest BCUT2D eigenvalue weighted by atomic mass is 10.3. The number of hydrogen-bond donors (Lipinski definition) is 1. The van der Waals surface area contributed by atoms with Gasteiger partial charge < -0.3 is 14.9 Å². The Morgan fingerprint density at radius 1 is 1.50 bits per heavy atom. The van der Waals surface area contributed by atoms with E-state index in [9.17, 15) is 4.79 Å². The first-order valence-electron chi connectivity index (χ1n) is 5.78. The van der Waals surface area contributed by atoms with Crippen molar-refractivity contribution in [1.29, 1.82) is 0 Å². The van der Waals surface area contributed by atoms with Crippen molar-refractivity contribution in [2.45, 2.75) is 6.54 Å². The third-order valence-electron chi connectivity index (χ3n) is 2.66. The number of fused-ring (bicyclic) bond motifs is 1. The van der Waals surface area contributed by atoms with Gasteiger partial charge >= 0.3 is 5.97 Å². The smallest absolute Gasteiger partial charge is 0.377 e. The van der Waals surface area contributed by atoms with Crippen molar-refractivity contribution in [3.05, 3.63) is 36.2 Å². The number of hydrogen-bond acceptors (Lipinski definition) is 7. The lowest BCUT2D eigenvalue weighted by Crippen LogP contribution is -2.06. The van der Waals surface area contributed by atoms with E-state index < -0.39 is 5.97 Å². The number of rotatable bonds is 3. The van der Waals surface area contributed by atoms with Crippen molar-refractivity contribution >= 4 is 22.8 Å². The molecule has 2 heterocycles. The molecular weight excluding hydrogens is 262 g/mol. The number of aromatic nitrogens is 4. The predicted molar refractivity (Wildman–Crippen MR) is 68.9 cm³/mol. The average molecular weight is 273 g/mol. The summed E-state index contributed by atoms with van der Waals surface area (Å²) in [6, 6.07) is 5.22. The minimum absolute atomic E-state index is 0.00662. The lowest BCUT2D eigenvalue weighted by Gasteiger charge is -1.94. The molecule has 0 unspecified atom stereocenters. The largest absolute Gasteiger partial charge is 0.463 e. The second kappa shape index (κ2) is 4.65. The number of ether oxygens (including phenoxy) is 1. The molecule has 0 aliphatic carbocycles. The summed E-state index contributed by atoms with van der Waals surface area (Å²) in [5.41, 5.74) is 7.61. The third kappa shape index (κ3) is 2.18. The normalized spacial score (nSPS) is 10.8. The molecule has 8 nitrogen and oxygen atoms in total. The van der Waals surface area contributed by atoms with Crippen molar-refractivity contribution < 1.29 is 13.9 Å². The Morgan fingerprint density at radius 3 is 3.15 bits per heavy atom. The van der Waals surface area contributed by atoms with Crippen molar-refractivity contribution in [1.82, 2.24) is 19.7 Å². The second-order valence-electron chi connectivity index (χ2n) is 4.09. The highest BCUT2D eigenvalue weighted by Gasteiger charge is 2.13. The molecule has 3 rings (SSSR count). The summed E-state index contributed by atoms with van der Waals surface area (Å²) in [6.07, 6.45) is 1.41. The predicted octanol–water partition coefficient (Wildman–Crippen LogP) is 0.836. The Balaban J connectivity index is 1.85. The highest BCUT2D eigenvalue weighted by Crippen LogP contribution is 2.18. The van der Waals surface area contributed by atoms with E-state index in [2.05, 4.69) is 19.8 Å². The molecule has 3 aromatic rings. The second-order valence-corrected chi connectivity index (χ2v) is 4.09. The number of nitrogens with two attached hydrogens (primary N) is 1. The minimum atomic E-state index is -0.589. The quantitative estimate of drug-likeness (QED) is 0.556. The van der Waals surface area contributed by atoms with Gasteiger partial charge in [-0.1, -0.05) is 0 Å². The van der Waals surface area contributed by atoms with E-state index in [1.165, 1.54) is 18.1 Å². The zero-order valence-corrected chi connectivity index (χ0v) is 10.6. The molecule has 0 amide bonds. The Morgan fingerprint density at radius 2 is 2.35 bits per heavy atom. The van der Waals surface area contributed by atoms with Crippen LogP contribution in [-0.2, 0) is 11.3 Å². The number of esters is 1. The monoisotopic (exact) mass is 273 g/mol. The van der Waals surface area contributed by atoms with Gasteiger partial charge in [0.15, 0.2) is 5.58 Å². The fraction of sp³-hybridized carbons (Fsp3) is 0.167. The van der Waals surface area contributed by atoms with Crippen LogP contribution in [0.3, 0.4) is 0 Å². The van der Waals surface area contributed by atoms with Gasteiger partial charge in [0.2, 0.25) is 5.89 Å². The van der Waals surface area contributed by atoms with Gasteiger partial charge in [-0.15, -0.1) is 5.10 Å². The van der Waals surface area contributed by atoms with Crippen LogP contribution in [0.1, 0.15) is 16.5 Å². The summed E-state index contributed by atoms with van der Waals surface area (Å²) in [5, 5.41) is 3.97. The molecule has 0 radical (unpaired) electrons. The topological polar surface area (TPSA) is 109 Å². The summed E-state index contributed by atoms with van der Waals surface area (Å²) in [4.78, 5) is 19.4.